The third-order valence-corrected chi connectivity index (χ3v) is 4.24. The number of hydrogen-bond acceptors (Lipinski definition) is 5. The molecule has 0 aliphatic carbocycles. The minimum Gasteiger partial charge on any atom is -0.450 e. The highest BCUT2D eigenvalue weighted by Crippen LogP contribution is 2.25. The molecule has 1 unspecified atom stereocenters. The molecule has 1 amide bonds. The number of carbonyl (C=O) groups is 1. The van der Waals surface area contributed by atoms with E-state index in [-0.39, 0.29) is 30.9 Å². The number of pyridine rings is 1. The van der Waals surface area contributed by atoms with Gasteiger partial charge in [-0.2, -0.15) is 0 Å². The molecule has 0 aliphatic rings. The van der Waals surface area contributed by atoms with E-state index in [1.165, 1.54) is 5.56 Å². The number of benzene rings is 2. The summed E-state index contributed by atoms with van der Waals surface area (Å²) in [6.45, 7) is 2.03. The van der Waals surface area contributed by atoms with E-state index >= 15 is 0 Å². The number of amides is 1. The van der Waals surface area contributed by atoms with E-state index in [0.29, 0.717) is 11.5 Å². The molecule has 4 N–H and O–H groups in total. The summed E-state index contributed by atoms with van der Waals surface area (Å²) in [6, 6.07) is 24.0. The summed E-state index contributed by atoms with van der Waals surface area (Å²) in [6.07, 6.45) is 0.248. The van der Waals surface area contributed by atoms with E-state index in [1.54, 1.807) is 19.1 Å². The average molecular weight is 413 g/mol. The summed E-state index contributed by atoms with van der Waals surface area (Å²) in [7, 11) is 0. The van der Waals surface area contributed by atoms with Crippen molar-refractivity contribution in [2.45, 2.75) is 19.4 Å². The summed E-state index contributed by atoms with van der Waals surface area (Å²) in [5.74, 6) is 0.862. The lowest BCUT2D eigenvalue weighted by Gasteiger charge is -2.21. The van der Waals surface area contributed by atoms with E-state index in [4.69, 9.17) is 10.5 Å². The molecule has 0 saturated heterocycles. The maximum Gasteiger partial charge on any atom is 0.411 e. The molecule has 3 rings (SSSR count). The number of hydrogen-bond donors (Lipinski definition) is 3. The molecule has 0 spiro atoms. The van der Waals surface area contributed by atoms with Crippen LogP contribution < -0.4 is 16.4 Å². The molecule has 3 aromatic rings. The van der Waals surface area contributed by atoms with Crippen molar-refractivity contribution in [1.29, 1.82) is 0 Å². The van der Waals surface area contributed by atoms with Crippen molar-refractivity contribution in [3.8, 4) is 0 Å². The Morgan fingerprint density at radius 3 is 2.31 bits per heavy atom. The van der Waals surface area contributed by atoms with Crippen molar-refractivity contribution in [2.24, 2.45) is 0 Å². The van der Waals surface area contributed by atoms with Gasteiger partial charge in [0.2, 0.25) is 0 Å². The molecule has 0 fully saturated rings. The number of aromatic nitrogens is 1. The Bertz CT molecular complexity index is 907. The second-order valence-corrected chi connectivity index (χ2v) is 6.27. The van der Waals surface area contributed by atoms with E-state index in [9.17, 15) is 4.79 Å². The van der Waals surface area contributed by atoms with Crippen molar-refractivity contribution in [1.82, 2.24) is 4.98 Å². The number of nitrogen functional groups attached to an aromatic ring is 1. The van der Waals surface area contributed by atoms with Crippen LogP contribution in [0.15, 0.2) is 72.8 Å². The molecule has 0 aliphatic heterocycles. The van der Waals surface area contributed by atoms with Gasteiger partial charge < -0.3 is 15.8 Å². The second-order valence-electron chi connectivity index (χ2n) is 6.27. The molecule has 0 saturated carbocycles. The highest BCUT2D eigenvalue weighted by molar-refractivity contribution is 5.88. The molecule has 6 nitrogen and oxygen atoms in total. The lowest BCUT2D eigenvalue weighted by molar-refractivity contribution is 0.168. The van der Waals surface area contributed by atoms with Crippen LogP contribution in [0.1, 0.15) is 24.1 Å². The lowest BCUT2D eigenvalue weighted by Crippen LogP contribution is -2.17. The van der Waals surface area contributed by atoms with Gasteiger partial charge in [-0.1, -0.05) is 60.7 Å². The smallest absolute Gasteiger partial charge is 0.411 e. The van der Waals surface area contributed by atoms with Gasteiger partial charge in [0, 0.05) is 0 Å². The van der Waals surface area contributed by atoms with Gasteiger partial charge >= 0.3 is 6.09 Å². The fraction of sp³-hybridized carbons (Fsp3) is 0.182. The van der Waals surface area contributed by atoms with Crippen molar-refractivity contribution in [2.75, 3.05) is 23.0 Å². The van der Waals surface area contributed by atoms with Crippen LogP contribution in [0.4, 0.5) is 22.1 Å². The lowest BCUT2D eigenvalue weighted by atomic mass is 9.99. The number of halogens is 1. The van der Waals surface area contributed by atoms with Crippen LogP contribution >= 0.6 is 12.4 Å². The van der Waals surface area contributed by atoms with Crippen molar-refractivity contribution >= 4 is 35.8 Å². The van der Waals surface area contributed by atoms with Gasteiger partial charge in [0.15, 0.2) is 0 Å². The molecular weight excluding hydrogens is 388 g/mol. The maximum absolute atomic E-state index is 11.6. The van der Waals surface area contributed by atoms with E-state index < -0.39 is 6.09 Å². The minimum absolute atomic E-state index is 0. The Morgan fingerprint density at radius 1 is 1.03 bits per heavy atom. The number of rotatable bonds is 7. The first kappa shape index (κ1) is 22.0. The predicted molar refractivity (Wildman–Crippen MR) is 119 cm³/mol. The molecule has 29 heavy (non-hydrogen) atoms. The Kier molecular flexibility index (Phi) is 8.30. The van der Waals surface area contributed by atoms with Crippen LogP contribution in [0.25, 0.3) is 0 Å². The average Bonchev–Trinajstić information content (AvgIpc) is 2.71. The van der Waals surface area contributed by atoms with Gasteiger partial charge in [0.05, 0.1) is 18.3 Å². The van der Waals surface area contributed by atoms with E-state index in [2.05, 4.69) is 39.9 Å². The Balaban J connectivity index is 0.00000300. The Labute approximate surface area is 176 Å². The van der Waals surface area contributed by atoms with Gasteiger partial charge in [0.25, 0.3) is 0 Å². The quantitative estimate of drug-likeness (QED) is 0.505. The molecule has 0 radical (unpaired) electrons. The highest BCUT2D eigenvalue weighted by atomic mass is 35.5. The van der Waals surface area contributed by atoms with Gasteiger partial charge in [-0.25, -0.2) is 9.78 Å². The zero-order valence-corrected chi connectivity index (χ0v) is 17.0. The first-order valence-corrected chi connectivity index (χ1v) is 9.21. The first-order chi connectivity index (χ1) is 13.7. The van der Waals surface area contributed by atoms with Crippen LogP contribution in [-0.2, 0) is 11.2 Å². The summed E-state index contributed by atoms with van der Waals surface area (Å²) in [5.41, 5.74) is 8.80. The SMILES string of the molecule is CCOC(=O)Nc1ccc(NC(Cc2ccccc2)c2ccccc2)nc1N.Cl. The molecule has 1 aromatic heterocycles. The van der Waals surface area contributed by atoms with Crippen LogP contribution in [-0.4, -0.2) is 17.7 Å². The van der Waals surface area contributed by atoms with Crippen molar-refractivity contribution in [3.05, 3.63) is 83.9 Å². The summed E-state index contributed by atoms with van der Waals surface area (Å²) in [4.78, 5) is 16.0. The largest absolute Gasteiger partial charge is 0.450 e. The molecule has 152 valence electrons. The van der Waals surface area contributed by atoms with Crippen LogP contribution in [0.3, 0.4) is 0 Å². The topological polar surface area (TPSA) is 89.3 Å². The van der Waals surface area contributed by atoms with E-state index in [1.807, 2.05) is 36.4 Å². The third kappa shape index (κ3) is 6.40. The molecule has 1 atom stereocenters. The molecular formula is C22H25ClN4O2. The van der Waals surface area contributed by atoms with Crippen LogP contribution in [0.2, 0.25) is 0 Å². The van der Waals surface area contributed by atoms with Gasteiger partial charge in [-0.3, -0.25) is 5.32 Å². The summed E-state index contributed by atoms with van der Waals surface area (Å²) in [5, 5.41) is 6.04. The van der Waals surface area contributed by atoms with Crippen molar-refractivity contribution < 1.29 is 9.53 Å². The number of anilines is 3. The summed E-state index contributed by atoms with van der Waals surface area (Å²) >= 11 is 0. The molecule has 1 heterocycles. The molecule has 2 aromatic carbocycles. The molecule has 0 bridgehead atoms. The fourth-order valence-corrected chi connectivity index (χ4v) is 2.90. The van der Waals surface area contributed by atoms with Crippen molar-refractivity contribution in [3.63, 3.8) is 0 Å². The summed E-state index contributed by atoms with van der Waals surface area (Å²) < 4.78 is 4.87. The number of nitrogens with two attached hydrogens (primary N) is 1. The Hall–Kier alpha value is -3.25. The van der Waals surface area contributed by atoms with Gasteiger partial charge in [-0.05, 0) is 36.6 Å². The molecule has 7 heteroatoms. The highest BCUT2D eigenvalue weighted by Gasteiger charge is 2.14. The predicted octanol–water partition coefficient (Wildman–Crippen LogP) is 5.05. The number of nitrogens with zero attached hydrogens (tertiary/aromatic N) is 1. The van der Waals surface area contributed by atoms with Crippen LogP contribution in [0, 0.1) is 0 Å². The first-order valence-electron chi connectivity index (χ1n) is 9.21. The number of carbonyl (C=O) groups excluding carboxylic acids is 1. The van der Waals surface area contributed by atoms with Crippen LogP contribution in [0.5, 0.6) is 0 Å². The Morgan fingerprint density at radius 2 is 1.69 bits per heavy atom. The number of ether oxygens (including phenoxy) is 1. The monoisotopic (exact) mass is 412 g/mol. The second kappa shape index (κ2) is 10.9. The van der Waals surface area contributed by atoms with Gasteiger partial charge in [-0.15, -0.1) is 12.4 Å². The normalized spacial score (nSPS) is 11.1. The third-order valence-electron chi connectivity index (χ3n) is 4.24. The zero-order valence-electron chi connectivity index (χ0n) is 16.2. The maximum atomic E-state index is 11.6. The standard InChI is InChI=1S/C22H24N4O2.ClH/c1-2-28-22(27)25-18-13-14-20(26-21(18)23)24-19(17-11-7-4-8-12-17)15-16-9-5-3-6-10-16;/h3-14,19H,2,15H2,1H3,(H,25,27)(H3,23,24,26);1H. The minimum atomic E-state index is -0.553. The zero-order chi connectivity index (χ0) is 19.8. The van der Waals surface area contributed by atoms with Gasteiger partial charge in [0.1, 0.15) is 11.6 Å². The fourth-order valence-electron chi connectivity index (χ4n) is 2.90. The number of nitrogens with one attached hydrogen (secondary N) is 2. The van der Waals surface area contributed by atoms with E-state index in [0.717, 1.165) is 12.0 Å².